The second-order valence-electron chi connectivity index (χ2n) is 18.1. The Morgan fingerprint density at radius 1 is 0.441 bits per heavy atom. The largest absolute Gasteiger partial charge is 0.321 e. The fourth-order valence-corrected chi connectivity index (χ4v) is 9.50. The smallest absolute Gasteiger partial charge is 0.0468 e. The van der Waals surface area contributed by atoms with Crippen LogP contribution < -0.4 is 9.80 Å². The predicted molar refractivity (Wildman–Crippen MR) is 294 cm³/mol. The maximum Gasteiger partial charge on any atom is 0.0468 e. The van der Waals surface area contributed by atoms with E-state index in [4.69, 9.17) is 0 Å². The maximum absolute atomic E-state index is 4.00. The van der Waals surface area contributed by atoms with Crippen LogP contribution in [-0.4, -0.2) is 0 Å². The van der Waals surface area contributed by atoms with Gasteiger partial charge in [-0.25, -0.2) is 0 Å². The Kier molecular flexibility index (Phi) is 12.4. The van der Waals surface area contributed by atoms with E-state index in [0.717, 1.165) is 41.2 Å². The van der Waals surface area contributed by atoms with Crippen molar-refractivity contribution in [3.05, 3.63) is 265 Å². The molecule has 0 aliphatic heterocycles. The Bertz CT molecular complexity index is 3340. The van der Waals surface area contributed by atoms with Crippen molar-refractivity contribution in [1.82, 2.24) is 0 Å². The molecule has 0 radical (unpaired) electrons. The second-order valence-corrected chi connectivity index (χ2v) is 18.1. The first-order valence-electron chi connectivity index (χ1n) is 23.7. The first-order chi connectivity index (χ1) is 33.3. The zero-order chi connectivity index (χ0) is 46.6. The summed E-state index contributed by atoms with van der Waals surface area (Å²) in [6, 6.07) is 71.7. The van der Waals surface area contributed by atoms with Gasteiger partial charge in [-0.1, -0.05) is 193 Å². The van der Waals surface area contributed by atoms with Gasteiger partial charge < -0.3 is 9.80 Å². The van der Waals surface area contributed by atoms with Crippen molar-refractivity contribution in [3.8, 4) is 44.5 Å². The van der Waals surface area contributed by atoms with E-state index in [1.54, 1.807) is 0 Å². The van der Waals surface area contributed by atoms with Gasteiger partial charge in [0.25, 0.3) is 0 Å². The van der Waals surface area contributed by atoms with Crippen LogP contribution in [0.3, 0.4) is 0 Å². The fraction of sp³-hybridized carbons (Fsp3) is 0.0909. The van der Waals surface area contributed by atoms with Crippen LogP contribution in [-0.2, 0) is 0 Å². The summed E-state index contributed by atoms with van der Waals surface area (Å²) in [5.41, 5.74) is 20.2. The van der Waals surface area contributed by atoms with E-state index >= 15 is 0 Å². The van der Waals surface area contributed by atoms with Gasteiger partial charge in [-0.3, -0.25) is 0 Å². The van der Waals surface area contributed by atoms with E-state index in [2.05, 4.69) is 269 Å². The summed E-state index contributed by atoms with van der Waals surface area (Å²) in [4.78, 5) is 4.77. The van der Waals surface area contributed by atoms with Crippen LogP contribution in [0.1, 0.15) is 37.8 Å². The first-order valence-corrected chi connectivity index (χ1v) is 23.7. The Balaban J connectivity index is 1.27. The lowest BCUT2D eigenvalue weighted by Gasteiger charge is -2.28. The number of allylic oxidation sites excluding steroid dienone is 8. The summed E-state index contributed by atoms with van der Waals surface area (Å²) in [7, 11) is 0. The Morgan fingerprint density at radius 3 is 1.35 bits per heavy atom. The molecular formula is C66H56N2. The Labute approximate surface area is 402 Å². The summed E-state index contributed by atoms with van der Waals surface area (Å²) < 4.78 is 0. The highest BCUT2D eigenvalue weighted by molar-refractivity contribution is 6.22. The van der Waals surface area contributed by atoms with E-state index in [1.807, 2.05) is 6.08 Å². The molecule has 10 rings (SSSR count). The first kappa shape index (κ1) is 43.7. The lowest BCUT2D eigenvalue weighted by atomic mass is 9.84. The van der Waals surface area contributed by atoms with E-state index in [-0.39, 0.29) is 0 Å². The SMILES string of the molecule is C=C/C(C)=C\C=C\N(C1=CC=C(C)CC1)c1ccc2c(-c3ccc(-c4ccccc4)cc3)c3cc(N(c4ccc(C)cc4)c4ccc(C)cc4)ccc3c(-c3ccc(-c4ccccc4)cc3)c2c1. The van der Waals surface area contributed by atoms with Gasteiger partial charge in [-0.05, 0) is 167 Å². The van der Waals surface area contributed by atoms with Gasteiger partial charge in [0.15, 0.2) is 0 Å². The van der Waals surface area contributed by atoms with Gasteiger partial charge in [0.2, 0.25) is 0 Å². The van der Waals surface area contributed by atoms with Gasteiger partial charge in [0.05, 0.1) is 0 Å². The zero-order valence-electron chi connectivity index (χ0n) is 39.5. The molecule has 2 heteroatoms. The molecule has 0 aromatic heterocycles. The van der Waals surface area contributed by atoms with Gasteiger partial charge in [0.1, 0.15) is 0 Å². The number of benzene rings is 9. The maximum atomic E-state index is 4.00. The second kappa shape index (κ2) is 19.3. The number of aryl methyl sites for hydroxylation is 2. The van der Waals surface area contributed by atoms with Crippen LogP contribution in [0.4, 0.5) is 22.7 Å². The molecule has 0 saturated heterocycles. The van der Waals surface area contributed by atoms with E-state index in [1.165, 1.54) is 88.4 Å². The molecule has 68 heavy (non-hydrogen) atoms. The highest BCUT2D eigenvalue weighted by atomic mass is 15.1. The number of hydrogen-bond donors (Lipinski definition) is 0. The molecule has 0 atom stereocenters. The average Bonchev–Trinajstić information content (AvgIpc) is 3.39. The molecule has 1 aliphatic carbocycles. The lowest BCUT2D eigenvalue weighted by molar-refractivity contribution is 0.872. The molecule has 0 bridgehead atoms. The number of anilines is 4. The van der Waals surface area contributed by atoms with Crippen molar-refractivity contribution in [2.75, 3.05) is 9.80 Å². The van der Waals surface area contributed by atoms with E-state index in [9.17, 15) is 0 Å². The van der Waals surface area contributed by atoms with E-state index in [0.29, 0.717) is 0 Å². The Hall–Kier alpha value is -8.20. The fourth-order valence-electron chi connectivity index (χ4n) is 9.50. The van der Waals surface area contributed by atoms with Crippen LogP contribution in [0.2, 0.25) is 0 Å². The molecule has 0 saturated carbocycles. The third-order valence-electron chi connectivity index (χ3n) is 13.3. The molecule has 2 nitrogen and oxygen atoms in total. The number of fused-ring (bicyclic) bond motifs is 2. The molecule has 0 amide bonds. The lowest BCUT2D eigenvalue weighted by Crippen LogP contribution is -2.16. The molecule has 0 fully saturated rings. The third kappa shape index (κ3) is 9.02. The minimum Gasteiger partial charge on any atom is -0.321 e. The minimum absolute atomic E-state index is 0.959. The molecule has 1 aliphatic rings. The highest BCUT2D eigenvalue weighted by Crippen LogP contribution is 2.48. The Morgan fingerprint density at radius 2 is 0.882 bits per heavy atom. The van der Waals surface area contributed by atoms with Gasteiger partial charge in [0, 0.05) is 34.6 Å². The van der Waals surface area contributed by atoms with E-state index < -0.39 is 0 Å². The predicted octanol–water partition coefficient (Wildman–Crippen LogP) is 18.8. The average molecular weight is 877 g/mol. The van der Waals surface area contributed by atoms with Crippen LogP contribution in [0.15, 0.2) is 254 Å². The molecule has 0 heterocycles. The number of nitrogens with zero attached hydrogens (tertiary/aromatic N) is 2. The molecule has 9 aromatic rings. The third-order valence-corrected chi connectivity index (χ3v) is 13.3. The summed E-state index contributed by atoms with van der Waals surface area (Å²) in [5.74, 6) is 0. The highest BCUT2D eigenvalue weighted by Gasteiger charge is 2.22. The van der Waals surface area contributed by atoms with Gasteiger partial charge >= 0.3 is 0 Å². The summed E-state index contributed by atoms with van der Waals surface area (Å²) in [6.45, 7) is 12.6. The summed E-state index contributed by atoms with van der Waals surface area (Å²) in [6.07, 6.45) is 14.9. The molecule has 0 N–H and O–H groups in total. The van der Waals surface area contributed by atoms with Crippen molar-refractivity contribution in [1.29, 1.82) is 0 Å². The topological polar surface area (TPSA) is 6.48 Å². The standard InChI is InChI=1S/C66H56N2/c1-6-46(2)14-13-43-67(56-33-19-47(3)20-34-56)59-39-41-61-63(44-59)65(54-29-25-52(26-30-54)50-15-9-7-10-16-50)62-42-40-60(68(57-35-21-48(4)22-36-57)58-37-23-49(5)24-38-58)45-64(62)66(61)55-31-27-53(28-32-55)51-17-11-8-12-18-51/h6-19,21-33,35-45H,1,20,34H2,2-5H3/b43-13+,46-14-. The molecule has 9 aromatic carbocycles. The molecule has 0 spiro atoms. The van der Waals surface area contributed by atoms with Crippen molar-refractivity contribution >= 4 is 44.3 Å². The summed E-state index contributed by atoms with van der Waals surface area (Å²) >= 11 is 0. The van der Waals surface area contributed by atoms with Crippen LogP contribution >= 0.6 is 0 Å². The van der Waals surface area contributed by atoms with Gasteiger partial charge in [-0.2, -0.15) is 0 Å². The van der Waals surface area contributed by atoms with Gasteiger partial charge in [-0.15, -0.1) is 0 Å². The number of rotatable bonds is 12. The quantitative estimate of drug-likeness (QED) is 0.0891. The molecule has 0 unspecified atom stereocenters. The van der Waals surface area contributed by atoms with Crippen LogP contribution in [0, 0.1) is 13.8 Å². The van der Waals surface area contributed by atoms with Crippen molar-refractivity contribution in [2.45, 2.75) is 40.5 Å². The van der Waals surface area contributed by atoms with Crippen molar-refractivity contribution in [2.24, 2.45) is 0 Å². The van der Waals surface area contributed by atoms with Crippen LogP contribution in [0.25, 0.3) is 66.1 Å². The molecule has 330 valence electrons. The normalized spacial score (nSPS) is 12.9. The zero-order valence-corrected chi connectivity index (χ0v) is 39.5. The summed E-state index contributed by atoms with van der Waals surface area (Å²) in [5, 5.41) is 4.79. The van der Waals surface area contributed by atoms with Crippen molar-refractivity contribution < 1.29 is 0 Å². The monoisotopic (exact) mass is 876 g/mol. The van der Waals surface area contributed by atoms with Crippen molar-refractivity contribution in [3.63, 3.8) is 0 Å². The number of hydrogen-bond acceptors (Lipinski definition) is 2. The van der Waals surface area contributed by atoms with Crippen LogP contribution in [0.5, 0.6) is 0 Å². The minimum atomic E-state index is 0.959. The molecular weight excluding hydrogens is 821 g/mol.